The van der Waals surface area contributed by atoms with Crippen molar-refractivity contribution in [1.82, 2.24) is 15.0 Å². The van der Waals surface area contributed by atoms with Gasteiger partial charge in [0.25, 0.3) is 0 Å². The third-order valence-corrected chi connectivity index (χ3v) is 11.8. The van der Waals surface area contributed by atoms with Crippen LogP contribution < -0.4 is 0 Å². The van der Waals surface area contributed by atoms with E-state index in [1.54, 1.807) is 0 Å². The Bertz CT molecular complexity index is 3180. The van der Waals surface area contributed by atoms with E-state index in [0.717, 1.165) is 55.3 Å². The minimum absolute atomic E-state index is 0.619. The first-order valence-corrected chi connectivity index (χ1v) is 19.5. The van der Waals surface area contributed by atoms with Gasteiger partial charge in [0.15, 0.2) is 17.5 Å². The van der Waals surface area contributed by atoms with Gasteiger partial charge in [-0.1, -0.05) is 164 Å². The first-order chi connectivity index (χ1) is 27.8. The van der Waals surface area contributed by atoms with Crippen LogP contribution in [0.25, 0.3) is 110 Å². The highest BCUT2D eigenvalue weighted by atomic mass is 32.1. The van der Waals surface area contributed by atoms with Crippen LogP contribution in [0.4, 0.5) is 0 Å². The van der Waals surface area contributed by atoms with Gasteiger partial charge in [-0.15, -0.1) is 11.3 Å². The topological polar surface area (TPSA) is 51.8 Å². The minimum atomic E-state index is 0.619. The summed E-state index contributed by atoms with van der Waals surface area (Å²) >= 11 is 1.85. The third-order valence-electron chi connectivity index (χ3n) is 10.6. The van der Waals surface area contributed by atoms with Gasteiger partial charge < -0.3 is 4.42 Å². The van der Waals surface area contributed by atoms with Crippen molar-refractivity contribution in [2.24, 2.45) is 0 Å². The molecule has 0 aliphatic rings. The summed E-state index contributed by atoms with van der Waals surface area (Å²) in [6.45, 7) is 0. The van der Waals surface area contributed by atoms with E-state index in [1.165, 1.54) is 36.9 Å². The number of hydrogen-bond acceptors (Lipinski definition) is 5. The van der Waals surface area contributed by atoms with Gasteiger partial charge in [-0.25, -0.2) is 15.0 Å². The smallest absolute Gasteiger partial charge is 0.164 e. The Labute approximate surface area is 327 Å². The van der Waals surface area contributed by atoms with E-state index >= 15 is 0 Å². The van der Waals surface area contributed by atoms with Crippen LogP contribution in [0.15, 0.2) is 192 Å². The number of furan rings is 1. The lowest BCUT2D eigenvalue weighted by Crippen LogP contribution is -2.00. The summed E-state index contributed by atoms with van der Waals surface area (Å²) in [6, 6.07) is 65.5. The first kappa shape index (κ1) is 32.2. The quantitative estimate of drug-likeness (QED) is 0.171. The van der Waals surface area contributed by atoms with Crippen molar-refractivity contribution in [2.75, 3.05) is 0 Å². The highest BCUT2D eigenvalue weighted by molar-refractivity contribution is 7.26. The zero-order valence-electron chi connectivity index (χ0n) is 30.1. The Hall–Kier alpha value is -7.21. The molecule has 0 saturated heterocycles. The summed E-state index contributed by atoms with van der Waals surface area (Å²) in [5.74, 6) is 1.89. The zero-order valence-corrected chi connectivity index (χ0v) is 30.9. The van der Waals surface area contributed by atoms with Crippen molar-refractivity contribution < 1.29 is 4.42 Å². The van der Waals surface area contributed by atoms with Crippen LogP contribution in [0, 0.1) is 0 Å². The second kappa shape index (κ2) is 13.3. The number of fused-ring (bicyclic) bond motifs is 6. The van der Waals surface area contributed by atoms with Gasteiger partial charge in [0.2, 0.25) is 0 Å². The summed E-state index contributed by atoms with van der Waals surface area (Å²) in [5.41, 5.74) is 11.3. The Kier molecular flexibility index (Phi) is 7.64. The number of nitrogens with zero attached hydrogens (tertiary/aromatic N) is 3. The second-order valence-corrected chi connectivity index (χ2v) is 15.0. The standard InChI is InChI=1S/C51H31N3OS/c1-4-15-32(16-5-1)37-27-29-40-39-23-11-13-26-44(39)56-48(40)46(37)42-30-28-38(45-41-24-10-12-25-43(41)55-47(42)45)35-21-14-22-36(31-35)51-53-49(33-17-6-2-7-18-33)52-50(54-51)34-19-8-3-9-20-34/h1-31H. The fraction of sp³-hybridized carbons (Fsp3) is 0. The van der Waals surface area contributed by atoms with Gasteiger partial charge in [-0.2, -0.15) is 0 Å². The van der Waals surface area contributed by atoms with E-state index in [-0.39, 0.29) is 0 Å². The van der Waals surface area contributed by atoms with Gasteiger partial charge in [0.05, 0.1) is 0 Å². The molecule has 0 N–H and O–H groups in total. The number of thiophene rings is 1. The Morgan fingerprint density at radius 2 is 0.911 bits per heavy atom. The lowest BCUT2D eigenvalue weighted by atomic mass is 9.89. The SMILES string of the molecule is c1ccc(-c2nc(-c3ccccc3)nc(-c3cccc(-c4ccc(-c5c(-c6ccccc6)ccc6c5sc5ccccc56)c5oc6ccccc6c45)c3)n2)cc1. The van der Waals surface area contributed by atoms with Gasteiger partial charge >= 0.3 is 0 Å². The van der Waals surface area contributed by atoms with Crippen LogP contribution in [-0.2, 0) is 0 Å². The van der Waals surface area contributed by atoms with Crippen molar-refractivity contribution >= 4 is 53.4 Å². The molecule has 0 bridgehead atoms. The summed E-state index contributed by atoms with van der Waals surface area (Å²) < 4.78 is 9.45. The molecule has 262 valence electrons. The molecule has 0 amide bonds. The summed E-state index contributed by atoms with van der Waals surface area (Å²) in [4.78, 5) is 15.0. The fourth-order valence-corrected chi connectivity index (χ4v) is 9.21. The molecule has 0 aliphatic heterocycles. The molecule has 0 radical (unpaired) electrons. The predicted molar refractivity (Wildman–Crippen MR) is 233 cm³/mol. The molecule has 0 unspecified atom stereocenters. The molecule has 5 heteroatoms. The van der Waals surface area contributed by atoms with Crippen molar-refractivity contribution in [3.8, 4) is 67.5 Å². The van der Waals surface area contributed by atoms with Gasteiger partial charge in [-0.3, -0.25) is 0 Å². The van der Waals surface area contributed by atoms with E-state index in [4.69, 9.17) is 19.4 Å². The average Bonchev–Trinajstić information content (AvgIpc) is 3.86. The van der Waals surface area contributed by atoms with Crippen molar-refractivity contribution in [2.45, 2.75) is 0 Å². The maximum atomic E-state index is 6.93. The molecule has 0 saturated carbocycles. The lowest BCUT2D eigenvalue weighted by molar-refractivity contribution is 0.670. The first-order valence-electron chi connectivity index (χ1n) is 18.7. The summed E-state index contributed by atoms with van der Waals surface area (Å²) in [7, 11) is 0. The normalized spacial score (nSPS) is 11.6. The molecule has 4 nitrogen and oxygen atoms in total. The molecule has 3 aromatic heterocycles. The Balaban J connectivity index is 1.14. The maximum absolute atomic E-state index is 6.93. The van der Waals surface area contributed by atoms with Crippen LogP contribution in [0.3, 0.4) is 0 Å². The monoisotopic (exact) mass is 733 g/mol. The van der Waals surface area contributed by atoms with Crippen molar-refractivity contribution in [3.05, 3.63) is 188 Å². The molecule has 3 heterocycles. The number of para-hydroxylation sites is 1. The van der Waals surface area contributed by atoms with E-state index in [1.807, 2.05) is 78.1 Å². The third kappa shape index (κ3) is 5.40. The van der Waals surface area contributed by atoms with Gasteiger partial charge in [0.1, 0.15) is 11.2 Å². The molecule has 11 aromatic rings. The van der Waals surface area contributed by atoms with Crippen LogP contribution in [0.5, 0.6) is 0 Å². The van der Waals surface area contributed by atoms with Crippen LogP contribution in [-0.4, -0.2) is 15.0 Å². The largest absolute Gasteiger partial charge is 0.455 e. The maximum Gasteiger partial charge on any atom is 0.164 e. The lowest BCUT2D eigenvalue weighted by Gasteiger charge is -2.14. The number of aromatic nitrogens is 3. The molecule has 11 rings (SSSR count). The molecule has 0 aliphatic carbocycles. The molecule has 0 spiro atoms. The highest BCUT2D eigenvalue weighted by Gasteiger charge is 2.23. The van der Waals surface area contributed by atoms with Crippen LogP contribution in [0.1, 0.15) is 0 Å². The van der Waals surface area contributed by atoms with Gasteiger partial charge in [0, 0.05) is 58.8 Å². The molecular formula is C51H31N3OS. The predicted octanol–water partition coefficient (Wildman–Crippen LogP) is 14.1. The zero-order chi connectivity index (χ0) is 37.0. The van der Waals surface area contributed by atoms with E-state index < -0.39 is 0 Å². The summed E-state index contributed by atoms with van der Waals surface area (Å²) in [6.07, 6.45) is 0. The molecular weight excluding hydrogens is 703 g/mol. The number of rotatable bonds is 6. The van der Waals surface area contributed by atoms with Gasteiger partial charge in [-0.05, 0) is 46.5 Å². The van der Waals surface area contributed by atoms with E-state index in [9.17, 15) is 0 Å². The summed E-state index contributed by atoms with van der Waals surface area (Å²) in [5, 5.41) is 4.68. The molecule has 0 fully saturated rings. The number of hydrogen-bond donors (Lipinski definition) is 0. The van der Waals surface area contributed by atoms with Crippen molar-refractivity contribution in [3.63, 3.8) is 0 Å². The molecule has 8 aromatic carbocycles. The van der Waals surface area contributed by atoms with Crippen LogP contribution in [0.2, 0.25) is 0 Å². The minimum Gasteiger partial charge on any atom is -0.455 e. The average molecular weight is 734 g/mol. The second-order valence-electron chi connectivity index (χ2n) is 13.9. The highest BCUT2D eigenvalue weighted by Crippen LogP contribution is 2.49. The van der Waals surface area contributed by atoms with E-state index in [0.29, 0.717) is 17.5 Å². The van der Waals surface area contributed by atoms with Crippen LogP contribution >= 0.6 is 11.3 Å². The van der Waals surface area contributed by atoms with Crippen molar-refractivity contribution in [1.29, 1.82) is 0 Å². The molecule has 0 atom stereocenters. The Morgan fingerprint density at radius 1 is 0.375 bits per heavy atom. The Morgan fingerprint density at radius 3 is 1.62 bits per heavy atom. The molecule has 56 heavy (non-hydrogen) atoms. The van der Waals surface area contributed by atoms with E-state index in [2.05, 4.69) is 121 Å². The fourth-order valence-electron chi connectivity index (χ4n) is 7.94. The number of benzene rings is 8.